The van der Waals surface area contributed by atoms with Crippen molar-refractivity contribution in [3.05, 3.63) is 94.7 Å². The molecule has 4 aromatic rings. The zero-order chi connectivity index (χ0) is 28.5. The summed E-state index contributed by atoms with van der Waals surface area (Å²) in [4.78, 5) is 0. The highest BCUT2D eigenvalue weighted by molar-refractivity contribution is 5.28. The molecule has 0 spiro atoms. The lowest BCUT2D eigenvalue weighted by Crippen LogP contribution is -2.07. The van der Waals surface area contributed by atoms with Crippen molar-refractivity contribution in [3.63, 3.8) is 0 Å². The van der Waals surface area contributed by atoms with Gasteiger partial charge in [-0.15, -0.1) is 0 Å². The van der Waals surface area contributed by atoms with Crippen molar-refractivity contribution < 1.29 is 28.0 Å². The maximum atomic E-state index is 5.80. The van der Waals surface area contributed by atoms with Crippen LogP contribution < -0.4 is 9.47 Å². The number of aromatic nitrogens is 2. The highest BCUT2D eigenvalue weighted by atomic mass is 16.5. The normalized spacial score (nSPS) is 11.2. The molecule has 0 aliphatic rings. The van der Waals surface area contributed by atoms with E-state index in [2.05, 4.69) is 41.5 Å². The Labute approximate surface area is 242 Å². The number of ether oxygens (including phenoxy) is 4. The lowest BCUT2D eigenvalue weighted by Gasteiger charge is -2.08. The third-order valence-electron chi connectivity index (χ3n) is 6.56. The number of aryl methyl sites for hydroxylation is 5. The number of unbranched alkanes of at least 4 members (excludes halogenated alkanes) is 2. The number of rotatable bonds is 20. The fourth-order valence-corrected chi connectivity index (χ4v) is 4.24. The summed E-state index contributed by atoms with van der Waals surface area (Å²) in [5.74, 6) is 3.48. The zero-order valence-corrected chi connectivity index (χ0v) is 24.3. The summed E-state index contributed by atoms with van der Waals surface area (Å²) in [6.07, 6.45) is 6.48. The number of hydrogen-bond acceptors (Lipinski definition) is 8. The molecule has 0 aliphatic carbocycles. The van der Waals surface area contributed by atoms with Crippen molar-refractivity contribution in [1.29, 1.82) is 0 Å². The van der Waals surface area contributed by atoms with Crippen LogP contribution in [0.3, 0.4) is 0 Å². The van der Waals surface area contributed by atoms with Gasteiger partial charge in [0.1, 0.15) is 35.3 Å². The van der Waals surface area contributed by atoms with Crippen LogP contribution in [0.4, 0.5) is 0 Å². The van der Waals surface area contributed by atoms with E-state index in [0.29, 0.717) is 33.0 Å². The molecule has 0 saturated carbocycles. The third-order valence-corrected chi connectivity index (χ3v) is 6.56. The quantitative estimate of drug-likeness (QED) is 0.108. The van der Waals surface area contributed by atoms with Crippen molar-refractivity contribution in [2.24, 2.45) is 0 Å². The van der Waals surface area contributed by atoms with E-state index in [1.807, 2.05) is 43.3 Å². The first kappa shape index (κ1) is 30.3. The fraction of sp³-hybridized carbons (Fsp3) is 0.455. The average molecular weight is 563 g/mol. The monoisotopic (exact) mass is 562 g/mol. The first-order valence-corrected chi connectivity index (χ1v) is 14.6. The molecule has 0 unspecified atom stereocenters. The van der Waals surface area contributed by atoms with Crippen molar-refractivity contribution in [2.75, 3.05) is 33.0 Å². The molecule has 0 bridgehead atoms. The summed E-state index contributed by atoms with van der Waals surface area (Å²) in [5, 5.41) is 8.15. The molecule has 0 atom stereocenters. The zero-order valence-electron chi connectivity index (χ0n) is 24.3. The molecule has 8 heteroatoms. The van der Waals surface area contributed by atoms with Crippen LogP contribution in [0.25, 0.3) is 0 Å². The van der Waals surface area contributed by atoms with Crippen LogP contribution in [0.5, 0.6) is 11.5 Å². The van der Waals surface area contributed by atoms with Crippen LogP contribution in [0.15, 0.2) is 69.7 Å². The molecule has 0 fully saturated rings. The fourth-order valence-electron chi connectivity index (χ4n) is 4.24. The summed E-state index contributed by atoms with van der Waals surface area (Å²) in [6.45, 7) is 7.63. The number of benzene rings is 2. The maximum absolute atomic E-state index is 5.80. The van der Waals surface area contributed by atoms with E-state index in [0.717, 1.165) is 86.0 Å². The molecule has 0 N–H and O–H groups in total. The third kappa shape index (κ3) is 11.8. The van der Waals surface area contributed by atoms with Gasteiger partial charge >= 0.3 is 0 Å². The standard InChI is InChI=1S/C33H42N2O6/c1-26-8-13-31(14-9-26)38-20-6-5-19-37-25-30-24-33(41-35-30)17-12-28-10-15-32(16-11-28)39-22-21-36-18-4-3-7-29-23-27(2)40-34-29/h8-11,13-16,23-24H,3-7,12,17-22,25H2,1-2H3. The molecule has 8 nitrogen and oxygen atoms in total. The predicted octanol–water partition coefficient (Wildman–Crippen LogP) is 6.86. The lowest BCUT2D eigenvalue weighted by molar-refractivity contribution is 0.0974. The smallest absolute Gasteiger partial charge is 0.137 e. The molecule has 0 aliphatic heterocycles. The Morgan fingerprint density at radius 1 is 0.585 bits per heavy atom. The summed E-state index contributed by atoms with van der Waals surface area (Å²) in [7, 11) is 0. The Kier molecular flexibility index (Phi) is 12.8. The van der Waals surface area contributed by atoms with Gasteiger partial charge in [0.2, 0.25) is 0 Å². The van der Waals surface area contributed by atoms with Gasteiger partial charge in [-0.1, -0.05) is 40.1 Å². The molecule has 2 aromatic heterocycles. The summed E-state index contributed by atoms with van der Waals surface area (Å²) in [6, 6.07) is 20.3. The van der Waals surface area contributed by atoms with Gasteiger partial charge in [-0.25, -0.2) is 0 Å². The Morgan fingerprint density at radius 2 is 1.27 bits per heavy atom. The minimum absolute atomic E-state index is 0.459. The molecule has 220 valence electrons. The molecule has 0 saturated heterocycles. The second-order valence-corrected chi connectivity index (χ2v) is 10.2. The van der Waals surface area contributed by atoms with Crippen LogP contribution in [-0.4, -0.2) is 43.3 Å². The van der Waals surface area contributed by atoms with Gasteiger partial charge in [-0.05, 0) is 82.2 Å². The SMILES string of the molecule is Cc1ccc(OCCCCOCc2cc(CCc3ccc(OCCOCCCCc4cc(C)on4)cc3)on2)cc1. The highest BCUT2D eigenvalue weighted by Crippen LogP contribution is 2.16. The summed E-state index contributed by atoms with van der Waals surface area (Å²) < 4.78 is 33.6. The van der Waals surface area contributed by atoms with Gasteiger partial charge in [0.25, 0.3) is 0 Å². The van der Waals surface area contributed by atoms with Crippen molar-refractivity contribution in [1.82, 2.24) is 10.3 Å². The number of nitrogens with zero attached hydrogens (tertiary/aromatic N) is 2. The van der Waals surface area contributed by atoms with Crippen molar-refractivity contribution in [2.45, 2.75) is 65.4 Å². The van der Waals surface area contributed by atoms with Crippen molar-refractivity contribution >= 4 is 0 Å². The van der Waals surface area contributed by atoms with E-state index in [1.54, 1.807) is 0 Å². The van der Waals surface area contributed by atoms with E-state index in [1.165, 1.54) is 11.1 Å². The van der Waals surface area contributed by atoms with Gasteiger partial charge in [0.05, 0.1) is 25.5 Å². The van der Waals surface area contributed by atoms with Crippen molar-refractivity contribution in [3.8, 4) is 11.5 Å². The number of hydrogen-bond donors (Lipinski definition) is 0. The van der Waals surface area contributed by atoms with E-state index in [9.17, 15) is 0 Å². The van der Waals surface area contributed by atoms with Crippen LogP contribution in [-0.2, 0) is 35.3 Å². The van der Waals surface area contributed by atoms with E-state index in [-0.39, 0.29) is 0 Å². The topological polar surface area (TPSA) is 89.0 Å². The van der Waals surface area contributed by atoms with E-state index < -0.39 is 0 Å². The first-order valence-electron chi connectivity index (χ1n) is 14.6. The Balaban J connectivity index is 0.994. The van der Waals surface area contributed by atoms with Gasteiger partial charge in [0.15, 0.2) is 0 Å². The molecule has 2 heterocycles. The van der Waals surface area contributed by atoms with Crippen LogP contribution in [0.1, 0.15) is 59.7 Å². The first-order chi connectivity index (χ1) is 20.1. The molecule has 41 heavy (non-hydrogen) atoms. The predicted molar refractivity (Wildman–Crippen MR) is 156 cm³/mol. The maximum Gasteiger partial charge on any atom is 0.137 e. The molecule has 4 rings (SSSR count). The summed E-state index contributed by atoms with van der Waals surface area (Å²) in [5.41, 5.74) is 4.29. The van der Waals surface area contributed by atoms with Crippen LogP contribution in [0.2, 0.25) is 0 Å². The van der Waals surface area contributed by atoms with Gasteiger partial charge in [-0.3, -0.25) is 0 Å². The second-order valence-electron chi connectivity index (χ2n) is 10.2. The Hall–Kier alpha value is -3.62. The lowest BCUT2D eigenvalue weighted by atomic mass is 10.1. The van der Waals surface area contributed by atoms with Gasteiger partial charge in [0, 0.05) is 31.8 Å². The highest BCUT2D eigenvalue weighted by Gasteiger charge is 2.06. The van der Waals surface area contributed by atoms with E-state index in [4.69, 9.17) is 28.0 Å². The Morgan fingerprint density at radius 3 is 2.05 bits per heavy atom. The Bertz CT molecular complexity index is 1250. The minimum atomic E-state index is 0.459. The summed E-state index contributed by atoms with van der Waals surface area (Å²) >= 11 is 0. The molecular weight excluding hydrogens is 520 g/mol. The van der Waals surface area contributed by atoms with E-state index >= 15 is 0 Å². The van der Waals surface area contributed by atoms with Gasteiger partial charge < -0.3 is 28.0 Å². The van der Waals surface area contributed by atoms with Gasteiger partial charge in [-0.2, -0.15) is 0 Å². The average Bonchev–Trinajstić information content (AvgIpc) is 3.62. The van der Waals surface area contributed by atoms with Crippen LogP contribution >= 0.6 is 0 Å². The molecule has 0 amide bonds. The minimum Gasteiger partial charge on any atom is -0.494 e. The molecule has 2 aromatic carbocycles. The second kappa shape index (κ2) is 17.3. The molecular formula is C33H42N2O6. The molecule has 0 radical (unpaired) electrons. The van der Waals surface area contributed by atoms with Crippen LogP contribution in [0, 0.1) is 13.8 Å². The largest absolute Gasteiger partial charge is 0.494 e.